The second-order valence-electron chi connectivity index (χ2n) is 4.55. The summed E-state index contributed by atoms with van der Waals surface area (Å²) in [5, 5.41) is 2.38. The first kappa shape index (κ1) is 11.0. The van der Waals surface area contributed by atoms with Gasteiger partial charge in [-0.15, -0.1) is 0 Å². The number of benzene rings is 2. The zero-order valence-electron chi connectivity index (χ0n) is 10.2. The number of nitrogens with one attached hydrogen (secondary N) is 2. The summed E-state index contributed by atoms with van der Waals surface area (Å²) < 4.78 is 0. The minimum atomic E-state index is -0.0411. The maximum atomic E-state index is 11.6. The van der Waals surface area contributed by atoms with Crippen LogP contribution in [0.3, 0.4) is 0 Å². The Morgan fingerprint density at radius 1 is 1.22 bits per heavy atom. The van der Waals surface area contributed by atoms with Gasteiger partial charge in [0.05, 0.1) is 0 Å². The molecule has 1 heterocycles. The van der Waals surface area contributed by atoms with Gasteiger partial charge in [-0.1, -0.05) is 36.4 Å². The molecule has 3 nitrogen and oxygen atoms in total. The molecular weight excluding hydrogens is 224 g/mol. The molecular formula is C15H14N2O. The minimum absolute atomic E-state index is 0.0411. The molecule has 0 aliphatic carbocycles. The lowest BCUT2D eigenvalue weighted by molar-refractivity contribution is -0.116. The number of carbonyl (C=O) groups excluding carboxylic acids is 1. The Kier molecular flexibility index (Phi) is 2.61. The van der Waals surface area contributed by atoms with Crippen molar-refractivity contribution in [2.45, 2.75) is 6.92 Å². The lowest BCUT2D eigenvalue weighted by Gasteiger charge is -2.05. The lowest BCUT2D eigenvalue weighted by Crippen LogP contribution is -2.25. The molecule has 0 aromatic heterocycles. The lowest BCUT2D eigenvalue weighted by atomic mass is 9.99. The molecule has 0 bridgehead atoms. The average molecular weight is 238 g/mol. The summed E-state index contributed by atoms with van der Waals surface area (Å²) >= 11 is 0. The van der Waals surface area contributed by atoms with E-state index >= 15 is 0 Å². The summed E-state index contributed by atoms with van der Waals surface area (Å²) in [5.74, 6) is -0.0411. The zero-order chi connectivity index (χ0) is 12.5. The number of rotatable bonds is 1. The smallest absolute Gasteiger partial charge is 0.262 e. The molecule has 18 heavy (non-hydrogen) atoms. The van der Waals surface area contributed by atoms with Crippen LogP contribution in [0.15, 0.2) is 42.0 Å². The van der Waals surface area contributed by atoms with E-state index in [1.54, 1.807) is 0 Å². The maximum absolute atomic E-state index is 11.6. The van der Waals surface area contributed by atoms with Crippen LogP contribution in [-0.4, -0.2) is 12.5 Å². The van der Waals surface area contributed by atoms with Crippen molar-refractivity contribution in [1.82, 2.24) is 10.9 Å². The summed E-state index contributed by atoms with van der Waals surface area (Å²) in [5.41, 5.74) is 8.50. The molecule has 3 rings (SSSR count). The zero-order valence-corrected chi connectivity index (χ0v) is 10.2. The van der Waals surface area contributed by atoms with Crippen molar-refractivity contribution in [3.63, 3.8) is 0 Å². The predicted molar refractivity (Wildman–Crippen MR) is 72.8 cm³/mol. The number of carbonyl (C=O) groups is 1. The summed E-state index contributed by atoms with van der Waals surface area (Å²) in [4.78, 5) is 11.6. The van der Waals surface area contributed by atoms with Crippen LogP contribution in [0.2, 0.25) is 0 Å². The molecule has 1 aliphatic rings. The van der Waals surface area contributed by atoms with Crippen LogP contribution in [0, 0.1) is 6.92 Å². The van der Waals surface area contributed by atoms with Gasteiger partial charge in [-0.25, -0.2) is 5.43 Å². The molecule has 0 unspecified atom stereocenters. The van der Waals surface area contributed by atoms with Gasteiger partial charge >= 0.3 is 0 Å². The van der Waals surface area contributed by atoms with E-state index in [0.29, 0.717) is 6.54 Å². The molecule has 1 aliphatic heterocycles. The first-order chi connectivity index (χ1) is 8.74. The summed E-state index contributed by atoms with van der Waals surface area (Å²) in [6.07, 6.45) is 1.96. The molecule has 1 saturated heterocycles. The molecule has 3 heteroatoms. The minimum Gasteiger partial charge on any atom is -0.287 e. The topological polar surface area (TPSA) is 41.1 Å². The third-order valence-corrected chi connectivity index (χ3v) is 3.14. The van der Waals surface area contributed by atoms with Gasteiger partial charge in [0.25, 0.3) is 5.91 Å². The van der Waals surface area contributed by atoms with Gasteiger partial charge in [-0.3, -0.25) is 10.2 Å². The summed E-state index contributed by atoms with van der Waals surface area (Å²) in [7, 11) is 0. The number of hydrogen-bond acceptors (Lipinski definition) is 2. The van der Waals surface area contributed by atoms with Gasteiger partial charge in [-0.05, 0) is 34.9 Å². The van der Waals surface area contributed by atoms with Crippen molar-refractivity contribution in [1.29, 1.82) is 0 Å². The van der Waals surface area contributed by atoms with E-state index < -0.39 is 0 Å². The largest absolute Gasteiger partial charge is 0.287 e. The number of hydrogen-bond donors (Lipinski definition) is 2. The van der Waals surface area contributed by atoms with Gasteiger partial charge in [0.2, 0.25) is 0 Å². The second-order valence-corrected chi connectivity index (χ2v) is 4.55. The Labute approximate surface area is 105 Å². The number of hydrazine groups is 1. The van der Waals surface area contributed by atoms with Crippen LogP contribution >= 0.6 is 0 Å². The number of fused-ring (bicyclic) bond motifs is 1. The van der Waals surface area contributed by atoms with Crippen molar-refractivity contribution >= 4 is 22.8 Å². The summed E-state index contributed by atoms with van der Waals surface area (Å²) in [6, 6.07) is 12.5. The fourth-order valence-corrected chi connectivity index (χ4v) is 2.30. The van der Waals surface area contributed by atoms with E-state index in [9.17, 15) is 4.79 Å². The highest BCUT2D eigenvalue weighted by atomic mass is 16.2. The van der Waals surface area contributed by atoms with Crippen molar-refractivity contribution < 1.29 is 4.79 Å². The van der Waals surface area contributed by atoms with E-state index in [1.165, 1.54) is 16.3 Å². The molecule has 90 valence electrons. The van der Waals surface area contributed by atoms with E-state index in [4.69, 9.17) is 0 Å². The fourth-order valence-electron chi connectivity index (χ4n) is 2.30. The second kappa shape index (κ2) is 4.27. The van der Waals surface area contributed by atoms with Crippen molar-refractivity contribution in [3.8, 4) is 0 Å². The number of amides is 1. The Hall–Kier alpha value is -2.13. The maximum Gasteiger partial charge on any atom is 0.262 e. The van der Waals surface area contributed by atoms with Crippen LogP contribution in [0.4, 0.5) is 0 Å². The molecule has 0 saturated carbocycles. The van der Waals surface area contributed by atoms with Gasteiger partial charge in [0.1, 0.15) is 0 Å². The van der Waals surface area contributed by atoms with Gasteiger partial charge in [0.15, 0.2) is 0 Å². The highest BCUT2D eigenvalue weighted by molar-refractivity contribution is 6.02. The fraction of sp³-hybridized carbons (Fsp3) is 0.133. The molecule has 2 aromatic carbocycles. The monoisotopic (exact) mass is 238 g/mol. The first-order valence-electron chi connectivity index (χ1n) is 5.97. The molecule has 1 fully saturated rings. The molecule has 0 spiro atoms. The van der Waals surface area contributed by atoms with Crippen LogP contribution in [0.5, 0.6) is 0 Å². The average Bonchev–Trinajstić information content (AvgIpc) is 2.75. The van der Waals surface area contributed by atoms with E-state index in [-0.39, 0.29) is 5.91 Å². The molecule has 0 radical (unpaired) electrons. The normalized spacial score (nSPS) is 17.4. The van der Waals surface area contributed by atoms with Crippen molar-refractivity contribution in [3.05, 3.63) is 53.1 Å². The van der Waals surface area contributed by atoms with Gasteiger partial charge in [0, 0.05) is 12.1 Å². The summed E-state index contributed by atoms with van der Waals surface area (Å²) in [6.45, 7) is 2.64. The molecule has 0 atom stereocenters. The Morgan fingerprint density at radius 3 is 2.83 bits per heavy atom. The number of aryl methyl sites for hydroxylation is 1. The van der Waals surface area contributed by atoms with Crippen LogP contribution < -0.4 is 10.9 Å². The Bertz CT molecular complexity index is 659. The van der Waals surface area contributed by atoms with Crippen molar-refractivity contribution in [2.24, 2.45) is 0 Å². The van der Waals surface area contributed by atoms with E-state index in [1.807, 2.05) is 18.2 Å². The van der Waals surface area contributed by atoms with E-state index in [0.717, 1.165) is 11.1 Å². The van der Waals surface area contributed by atoms with Crippen molar-refractivity contribution in [2.75, 3.05) is 6.54 Å². The quantitative estimate of drug-likeness (QED) is 0.747. The molecule has 2 aromatic rings. The standard InChI is InChI=1S/C15H14N2O/c1-10-6-11-4-2-3-5-14(11)12(7-10)8-13-9-16-17-15(13)18/h2-8,16H,9H2,1H3,(H,17,18)/b13-8+. The first-order valence-corrected chi connectivity index (χ1v) is 5.97. The van der Waals surface area contributed by atoms with E-state index in [2.05, 4.69) is 42.0 Å². The van der Waals surface area contributed by atoms with Crippen LogP contribution in [0.25, 0.3) is 16.8 Å². The third-order valence-electron chi connectivity index (χ3n) is 3.14. The Morgan fingerprint density at radius 2 is 2.06 bits per heavy atom. The van der Waals surface area contributed by atoms with Gasteiger partial charge < -0.3 is 0 Å². The molecule has 2 N–H and O–H groups in total. The Balaban J connectivity index is 2.19. The van der Waals surface area contributed by atoms with Crippen LogP contribution in [0.1, 0.15) is 11.1 Å². The third kappa shape index (κ3) is 1.89. The highest BCUT2D eigenvalue weighted by Crippen LogP contribution is 2.23. The predicted octanol–water partition coefficient (Wildman–Crippen LogP) is 2.17. The van der Waals surface area contributed by atoms with Crippen LogP contribution in [-0.2, 0) is 4.79 Å². The van der Waals surface area contributed by atoms with Gasteiger partial charge in [-0.2, -0.15) is 0 Å². The SMILES string of the molecule is Cc1cc(/C=C2\CNNC2=O)c2ccccc2c1. The highest BCUT2D eigenvalue weighted by Gasteiger charge is 2.15. The molecule has 1 amide bonds.